The molecule has 6 heteroatoms. The molecule has 0 unspecified atom stereocenters. The van der Waals surface area contributed by atoms with Crippen molar-refractivity contribution in [3.05, 3.63) is 53.9 Å². The van der Waals surface area contributed by atoms with Gasteiger partial charge in [-0.05, 0) is 49.4 Å². The van der Waals surface area contributed by atoms with Crippen LogP contribution in [-0.4, -0.2) is 40.0 Å². The molecule has 1 N–H and O–H groups in total. The van der Waals surface area contributed by atoms with Gasteiger partial charge in [0.25, 0.3) is 0 Å². The zero-order valence-electron chi connectivity index (χ0n) is 14.6. The number of piperidine rings is 1. The van der Waals surface area contributed by atoms with Gasteiger partial charge < -0.3 is 15.0 Å². The van der Waals surface area contributed by atoms with Crippen molar-refractivity contribution < 1.29 is 9.53 Å². The van der Waals surface area contributed by atoms with E-state index < -0.39 is 0 Å². The normalized spacial score (nSPS) is 16.9. The van der Waals surface area contributed by atoms with Crippen LogP contribution in [0.5, 0.6) is 11.8 Å². The predicted molar refractivity (Wildman–Crippen MR) is 98.9 cm³/mol. The average molecular weight is 350 g/mol. The highest BCUT2D eigenvalue weighted by atomic mass is 16.5. The van der Waals surface area contributed by atoms with Crippen LogP contribution in [-0.2, 0) is 0 Å². The van der Waals surface area contributed by atoms with Crippen LogP contribution in [0.1, 0.15) is 31.2 Å². The minimum atomic E-state index is 0.0878. The summed E-state index contributed by atoms with van der Waals surface area (Å²) in [5.74, 6) is 0.715. The molecule has 2 heterocycles. The van der Waals surface area contributed by atoms with E-state index in [4.69, 9.17) is 4.74 Å². The minimum Gasteiger partial charge on any atom is -0.424 e. The van der Waals surface area contributed by atoms with Crippen molar-refractivity contribution in [2.24, 2.45) is 0 Å². The Hall–Kier alpha value is -2.89. The van der Waals surface area contributed by atoms with E-state index in [-0.39, 0.29) is 6.03 Å². The Balaban J connectivity index is 1.36. The molecule has 1 aliphatic heterocycles. The number of hydrogen-bond acceptors (Lipinski definition) is 4. The number of rotatable bonds is 4. The number of carbonyl (C=O) groups excluding carboxylic acids is 1. The van der Waals surface area contributed by atoms with Crippen LogP contribution < -0.4 is 10.1 Å². The van der Waals surface area contributed by atoms with E-state index in [0.717, 1.165) is 44.3 Å². The maximum atomic E-state index is 12.1. The molecular formula is C20H22N4O2. The second kappa shape index (κ2) is 7.56. The van der Waals surface area contributed by atoms with Crippen molar-refractivity contribution >= 4 is 12.1 Å². The minimum absolute atomic E-state index is 0.0878. The molecule has 2 fully saturated rings. The van der Waals surface area contributed by atoms with Crippen LogP contribution in [0.4, 0.5) is 4.79 Å². The molecule has 0 atom stereocenters. The lowest BCUT2D eigenvalue weighted by Gasteiger charge is -2.28. The Morgan fingerprint density at radius 3 is 2.65 bits per heavy atom. The summed E-state index contributed by atoms with van der Waals surface area (Å²) in [5, 5.41) is 3.06. The van der Waals surface area contributed by atoms with Crippen LogP contribution in [0.25, 0.3) is 6.08 Å². The number of amides is 2. The third kappa shape index (κ3) is 4.39. The third-order valence-electron chi connectivity index (χ3n) is 4.58. The predicted octanol–water partition coefficient (Wildman–Crippen LogP) is 3.62. The topological polar surface area (TPSA) is 67.4 Å². The van der Waals surface area contributed by atoms with Crippen LogP contribution in [0.3, 0.4) is 0 Å². The van der Waals surface area contributed by atoms with Gasteiger partial charge in [0.1, 0.15) is 5.75 Å². The lowest BCUT2D eigenvalue weighted by atomic mass is 10.0. The zero-order valence-corrected chi connectivity index (χ0v) is 14.6. The van der Waals surface area contributed by atoms with Gasteiger partial charge in [0.15, 0.2) is 0 Å². The number of urea groups is 1. The van der Waals surface area contributed by atoms with Crippen LogP contribution in [0.2, 0.25) is 0 Å². The van der Waals surface area contributed by atoms with Gasteiger partial charge in [0.2, 0.25) is 0 Å². The maximum Gasteiger partial charge on any atom is 0.321 e. The molecule has 2 aliphatic rings. The molecule has 2 aromatic rings. The van der Waals surface area contributed by atoms with Crippen molar-refractivity contribution in [2.75, 3.05) is 13.1 Å². The fourth-order valence-corrected chi connectivity index (χ4v) is 2.98. The molecule has 1 aliphatic carbocycles. The summed E-state index contributed by atoms with van der Waals surface area (Å²) in [5.41, 5.74) is 2.44. The lowest BCUT2D eigenvalue weighted by Crippen LogP contribution is -2.43. The Bertz CT molecular complexity index is 792. The largest absolute Gasteiger partial charge is 0.424 e. The second-order valence-electron chi connectivity index (χ2n) is 6.72. The van der Waals surface area contributed by atoms with Crippen molar-refractivity contribution in [3.8, 4) is 11.8 Å². The maximum absolute atomic E-state index is 12.1. The number of benzene rings is 1. The first-order valence-electron chi connectivity index (χ1n) is 9.06. The quantitative estimate of drug-likeness (QED) is 0.914. The van der Waals surface area contributed by atoms with Gasteiger partial charge in [-0.3, -0.25) is 0 Å². The van der Waals surface area contributed by atoms with Gasteiger partial charge in [-0.15, -0.1) is 0 Å². The summed E-state index contributed by atoms with van der Waals surface area (Å²) in [6.45, 7) is 1.55. The summed E-state index contributed by atoms with van der Waals surface area (Å²) in [6.07, 6.45) is 9.56. The van der Waals surface area contributed by atoms with E-state index >= 15 is 0 Å². The van der Waals surface area contributed by atoms with E-state index in [2.05, 4.69) is 27.4 Å². The highest BCUT2D eigenvalue weighted by Crippen LogP contribution is 2.24. The highest BCUT2D eigenvalue weighted by Gasteiger charge is 2.27. The molecule has 4 rings (SSSR count). The van der Waals surface area contributed by atoms with E-state index in [1.165, 1.54) is 5.57 Å². The summed E-state index contributed by atoms with van der Waals surface area (Å²) >= 11 is 0. The molecule has 0 radical (unpaired) electrons. The molecule has 0 spiro atoms. The number of likely N-dealkylation sites (tertiary alicyclic amines) is 1. The summed E-state index contributed by atoms with van der Waals surface area (Å²) < 4.78 is 5.69. The molecule has 2 amide bonds. The van der Waals surface area contributed by atoms with Crippen molar-refractivity contribution in [1.29, 1.82) is 0 Å². The molecule has 0 bridgehead atoms. The fourth-order valence-electron chi connectivity index (χ4n) is 2.98. The van der Waals surface area contributed by atoms with Crippen LogP contribution in [0.15, 0.2) is 48.3 Å². The highest BCUT2D eigenvalue weighted by molar-refractivity contribution is 5.75. The van der Waals surface area contributed by atoms with Gasteiger partial charge in [0, 0.05) is 31.5 Å². The van der Waals surface area contributed by atoms with E-state index in [9.17, 15) is 4.79 Å². The van der Waals surface area contributed by atoms with Gasteiger partial charge in [-0.2, -0.15) is 0 Å². The van der Waals surface area contributed by atoms with Gasteiger partial charge in [-0.1, -0.05) is 23.8 Å². The van der Waals surface area contributed by atoms with Crippen LogP contribution >= 0.6 is 0 Å². The van der Waals surface area contributed by atoms with Crippen LogP contribution in [0, 0.1) is 0 Å². The number of ether oxygens (including phenoxy) is 1. The average Bonchev–Trinajstić information content (AvgIpc) is 3.47. The first-order chi connectivity index (χ1) is 12.8. The van der Waals surface area contributed by atoms with E-state index in [1.54, 1.807) is 18.5 Å². The third-order valence-corrected chi connectivity index (χ3v) is 4.58. The number of nitrogens with zero attached hydrogens (tertiary/aromatic N) is 3. The van der Waals surface area contributed by atoms with Gasteiger partial charge >= 0.3 is 12.0 Å². The molecule has 1 aromatic heterocycles. The summed E-state index contributed by atoms with van der Waals surface area (Å²) in [4.78, 5) is 22.2. The Kier molecular flexibility index (Phi) is 4.82. The number of carbonyl (C=O) groups is 1. The number of aromatic nitrogens is 2. The number of nitrogens with one attached hydrogen (secondary N) is 1. The smallest absolute Gasteiger partial charge is 0.321 e. The lowest BCUT2D eigenvalue weighted by molar-refractivity contribution is 0.193. The summed E-state index contributed by atoms with van der Waals surface area (Å²) in [6, 6.07) is 10.5. The standard InChI is InChI=1S/C20H22N4O2/c25-20(23-17-5-6-17)24-11-7-15(8-12-24)13-16-3-1-4-18(14-16)26-19-21-9-2-10-22-19/h1-4,9-10,13-14,17H,5-8,11-12H2,(H,23,25). The number of hydrogen-bond donors (Lipinski definition) is 1. The van der Waals surface area contributed by atoms with Gasteiger partial charge in [0.05, 0.1) is 0 Å². The molecule has 6 nitrogen and oxygen atoms in total. The fraction of sp³-hybridized carbons (Fsp3) is 0.350. The Morgan fingerprint density at radius 1 is 1.15 bits per heavy atom. The van der Waals surface area contributed by atoms with Crippen molar-refractivity contribution in [3.63, 3.8) is 0 Å². The molecular weight excluding hydrogens is 328 g/mol. The molecule has 1 saturated heterocycles. The first-order valence-corrected chi connectivity index (χ1v) is 9.06. The Morgan fingerprint density at radius 2 is 1.92 bits per heavy atom. The molecule has 26 heavy (non-hydrogen) atoms. The summed E-state index contributed by atoms with van der Waals surface area (Å²) in [7, 11) is 0. The molecule has 1 saturated carbocycles. The van der Waals surface area contributed by atoms with E-state index in [0.29, 0.717) is 17.8 Å². The molecule has 1 aromatic carbocycles. The first kappa shape index (κ1) is 16.6. The SMILES string of the molecule is O=C(NC1CC1)N1CCC(=Cc2cccc(Oc3ncccn3)c2)CC1. The van der Waals surface area contributed by atoms with Crippen molar-refractivity contribution in [1.82, 2.24) is 20.2 Å². The Labute approximate surface area is 152 Å². The monoisotopic (exact) mass is 350 g/mol. The van der Waals surface area contributed by atoms with Crippen molar-refractivity contribution in [2.45, 2.75) is 31.7 Å². The molecule has 134 valence electrons. The van der Waals surface area contributed by atoms with Gasteiger partial charge in [-0.25, -0.2) is 14.8 Å². The zero-order chi connectivity index (χ0) is 17.8. The van der Waals surface area contributed by atoms with E-state index in [1.807, 2.05) is 23.1 Å². The second-order valence-corrected chi connectivity index (χ2v) is 6.72.